The van der Waals surface area contributed by atoms with E-state index in [0.29, 0.717) is 12.2 Å². The normalized spacial score (nSPS) is 12.8. The molecule has 0 spiro atoms. The molecule has 0 unspecified atom stereocenters. The predicted molar refractivity (Wildman–Crippen MR) is 109 cm³/mol. The van der Waals surface area contributed by atoms with Gasteiger partial charge in [0, 0.05) is 22.6 Å². The van der Waals surface area contributed by atoms with Gasteiger partial charge in [0.1, 0.15) is 5.82 Å². The summed E-state index contributed by atoms with van der Waals surface area (Å²) < 4.78 is 1.05. The van der Waals surface area contributed by atoms with E-state index in [9.17, 15) is 4.79 Å². The Morgan fingerprint density at radius 3 is 2.85 bits per heavy atom. The highest BCUT2D eigenvalue weighted by Crippen LogP contribution is 2.33. The van der Waals surface area contributed by atoms with Crippen LogP contribution < -0.4 is 10.6 Å². The number of hydrogen-bond donors (Lipinski definition) is 2. The summed E-state index contributed by atoms with van der Waals surface area (Å²) in [6.45, 7) is 4.11. The van der Waals surface area contributed by atoms with E-state index in [1.165, 1.54) is 0 Å². The number of carbonyl (C=O) groups excluding carboxylic acids is 1. The molecule has 5 nitrogen and oxygen atoms in total. The zero-order valence-electron chi connectivity index (χ0n) is 14.4. The second-order valence-electron chi connectivity index (χ2n) is 6.14. The summed E-state index contributed by atoms with van der Waals surface area (Å²) in [5.41, 5.74) is 4.86. The van der Waals surface area contributed by atoms with Crippen molar-refractivity contribution in [2.75, 3.05) is 10.6 Å². The number of hydrogen-bond acceptors (Lipinski definition) is 5. The number of rotatable bonds is 4. The van der Waals surface area contributed by atoms with E-state index in [4.69, 9.17) is 4.98 Å². The maximum absolute atomic E-state index is 11.6. The highest BCUT2D eigenvalue weighted by Gasteiger charge is 2.18. The third-order valence-corrected chi connectivity index (χ3v) is 5.98. The van der Waals surface area contributed by atoms with E-state index >= 15 is 0 Å². The van der Waals surface area contributed by atoms with E-state index in [0.717, 1.165) is 49.1 Å². The van der Waals surface area contributed by atoms with E-state index in [1.807, 2.05) is 37.3 Å². The highest BCUT2D eigenvalue weighted by atomic mass is 79.9. The molecule has 7 heteroatoms. The lowest BCUT2D eigenvalue weighted by atomic mass is 10.1. The van der Waals surface area contributed by atoms with Crippen LogP contribution in [-0.2, 0) is 17.6 Å². The first kappa shape index (κ1) is 17.2. The van der Waals surface area contributed by atoms with Crippen LogP contribution in [0.2, 0.25) is 0 Å². The molecule has 3 aromatic rings. The lowest BCUT2D eigenvalue weighted by Crippen LogP contribution is -2.05. The number of amides is 1. The quantitative estimate of drug-likeness (QED) is 0.607. The Hall–Kier alpha value is -2.25. The van der Waals surface area contributed by atoms with Crippen molar-refractivity contribution >= 4 is 50.4 Å². The van der Waals surface area contributed by atoms with Crippen LogP contribution in [0, 0.1) is 6.92 Å². The first-order valence-corrected chi connectivity index (χ1v) is 9.97. The standard InChI is InChI=1S/C19H17BrN4OS/c1-3-13-10(2)21-19(15-6-7-16(20)26-15)24-18(13)22-12-5-4-11-8-17(25)23-14(11)9-12/h4-7,9H,3,8H2,1-2H3,(H,23,25)(H,21,22,24). The fraction of sp³-hybridized carbons (Fsp3) is 0.211. The molecule has 0 atom stereocenters. The van der Waals surface area contributed by atoms with Crippen LogP contribution in [0.5, 0.6) is 0 Å². The average Bonchev–Trinajstić information content (AvgIpc) is 3.19. The molecule has 4 rings (SSSR count). The molecule has 2 N–H and O–H groups in total. The zero-order chi connectivity index (χ0) is 18.3. The minimum absolute atomic E-state index is 0.0369. The molecule has 3 heterocycles. The van der Waals surface area contributed by atoms with Crippen LogP contribution in [0.4, 0.5) is 17.2 Å². The molecule has 0 bridgehead atoms. The second-order valence-corrected chi connectivity index (χ2v) is 8.60. The summed E-state index contributed by atoms with van der Waals surface area (Å²) in [5, 5.41) is 6.30. The lowest BCUT2D eigenvalue weighted by Gasteiger charge is -2.14. The maximum Gasteiger partial charge on any atom is 0.228 e. The largest absolute Gasteiger partial charge is 0.340 e. The van der Waals surface area contributed by atoms with Crippen molar-refractivity contribution in [1.29, 1.82) is 0 Å². The van der Waals surface area contributed by atoms with Crippen molar-refractivity contribution in [1.82, 2.24) is 9.97 Å². The van der Waals surface area contributed by atoms with Gasteiger partial charge in [0.25, 0.3) is 0 Å². The summed E-state index contributed by atoms with van der Waals surface area (Å²) >= 11 is 5.11. The monoisotopic (exact) mass is 428 g/mol. The van der Waals surface area contributed by atoms with Gasteiger partial charge in [-0.3, -0.25) is 4.79 Å². The van der Waals surface area contributed by atoms with Gasteiger partial charge in [0.05, 0.1) is 15.1 Å². The Morgan fingerprint density at radius 1 is 1.27 bits per heavy atom. The van der Waals surface area contributed by atoms with Gasteiger partial charge in [0.15, 0.2) is 5.82 Å². The van der Waals surface area contributed by atoms with Crippen LogP contribution >= 0.6 is 27.3 Å². The van der Waals surface area contributed by atoms with Crippen molar-refractivity contribution < 1.29 is 4.79 Å². The Morgan fingerprint density at radius 2 is 2.12 bits per heavy atom. The first-order valence-electron chi connectivity index (χ1n) is 8.36. The third kappa shape index (κ3) is 3.24. The molecule has 1 amide bonds. The lowest BCUT2D eigenvalue weighted by molar-refractivity contribution is -0.115. The fourth-order valence-corrected chi connectivity index (χ4v) is 4.42. The van der Waals surface area contributed by atoms with Gasteiger partial charge in [-0.05, 0) is 59.1 Å². The number of carbonyl (C=O) groups is 1. The first-order chi connectivity index (χ1) is 12.5. The molecule has 1 aromatic carbocycles. The SMILES string of the molecule is CCc1c(C)nc(-c2ccc(Br)s2)nc1Nc1ccc2c(c1)NC(=O)C2. The molecule has 0 radical (unpaired) electrons. The van der Waals surface area contributed by atoms with Gasteiger partial charge < -0.3 is 10.6 Å². The van der Waals surface area contributed by atoms with E-state index in [-0.39, 0.29) is 5.91 Å². The Kier molecular flexibility index (Phi) is 4.50. The molecule has 0 saturated heterocycles. The molecule has 0 fully saturated rings. The molecular formula is C19H17BrN4OS. The van der Waals surface area contributed by atoms with Gasteiger partial charge in [-0.25, -0.2) is 9.97 Å². The summed E-state index contributed by atoms with van der Waals surface area (Å²) in [7, 11) is 0. The third-order valence-electron chi connectivity index (χ3n) is 4.36. The number of benzene rings is 1. The number of nitrogens with zero attached hydrogens (tertiary/aromatic N) is 2. The zero-order valence-corrected chi connectivity index (χ0v) is 16.8. The average molecular weight is 429 g/mol. The van der Waals surface area contributed by atoms with Crippen molar-refractivity contribution in [3.8, 4) is 10.7 Å². The van der Waals surface area contributed by atoms with Crippen LogP contribution in [-0.4, -0.2) is 15.9 Å². The number of anilines is 3. The fourth-order valence-electron chi connectivity index (χ4n) is 3.10. The molecule has 26 heavy (non-hydrogen) atoms. The summed E-state index contributed by atoms with van der Waals surface area (Å²) in [4.78, 5) is 22.0. The molecule has 0 aliphatic carbocycles. The van der Waals surface area contributed by atoms with Crippen LogP contribution in [0.25, 0.3) is 10.7 Å². The number of fused-ring (bicyclic) bond motifs is 1. The summed E-state index contributed by atoms with van der Waals surface area (Å²) in [6.07, 6.45) is 1.28. The molecule has 2 aromatic heterocycles. The minimum Gasteiger partial charge on any atom is -0.340 e. The minimum atomic E-state index is 0.0369. The number of aryl methyl sites for hydroxylation is 1. The van der Waals surface area contributed by atoms with Crippen LogP contribution in [0.3, 0.4) is 0 Å². The van der Waals surface area contributed by atoms with E-state index < -0.39 is 0 Å². The second kappa shape index (κ2) is 6.81. The van der Waals surface area contributed by atoms with Crippen molar-refractivity contribution in [3.05, 3.63) is 50.9 Å². The van der Waals surface area contributed by atoms with Gasteiger partial charge in [-0.2, -0.15) is 0 Å². The Bertz CT molecular complexity index is 1010. The Labute approximate surface area is 164 Å². The molecule has 132 valence electrons. The van der Waals surface area contributed by atoms with Crippen molar-refractivity contribution in [2.24, 2.45) is 0 Å². The smallest absolute Gasteiger partial charge is 0.228 e. The number of thiophene rings is 1. The number of halogens is 1. The molecular weight excluding hydrogens is 412 g/mol. The van der Waals surface area contributed by atoms with Crippen LogP contribution in [0.15, 0.2) is 34.1 Å². The highest BCUT2D eigenvalue weighted by molar-refractivity contribution is 9.11. The topological polar surface area (TPSA) is 66.9 Å². The van der Waals surface area contributed by atoms with E-state index in [2.05, 4.69) is 38.5 Å². The van der Waals surface area contributed by atoms with Crippen LogP contribution in [0.1, 0.15) is 23.7 Å². The molecule has 1 aliphatic rings. The predicted octanol–water partition coefficient (Wildman–Crippen LogP) is 5.08. The van der Waals surface area contributed by atoms with Crippen molar-refractivity contribution in [2.45, 2.75) is 26.7 Å². The molecule has 0 saturated carbocycles. The van der Waals surface area contributed by atoms with Crippen molar-refractivity contribution in [3.63, 3.8) is 0 Å². The van der Waals surface area contributed by atoms with E-state index in [1.54, 1.807) is 11.3 Å². The summed E-state index contributed by atoms with van der Waals surface area (Å²) in [5.74, 6) is 1.56. The van der Waals surface area contributed by atoms with Gasteiger partial charge in [0.2, 0.25) is 5.91 Å². The number of aromatic nitrogens is 2. The van der Waals surface area contributed by atoms with Gasteiger partial charge >= 0.3 is 0 Å². The maximum atomic E-state index is 11.6. The Balaban J connectivity index is 1.72. The summed E-state index contributed by atoms with van der Waals surface area (Å²) in [6, 6.07) is 9.94. The number of nitrogens with one attached hydrogen (secondary N) is 2. The van der Waals surface area contributed by atoms with Gasteiger partial charge in [-0.15, -0.1) is 11.3 Å². The van der Waals surface area contributed by atoms with Gasteiger partial charge in [-0.1, -0.05) is 13.0 Å². The molecule has 1 aliphatic heterocycles.